The Kier molecular flexibility index (Phi) is 4.96. The van der Waals surface area contributed by atoms with Gasteiger partial charge in [-0.25, -0.2) is 0 Å². The Hall–Kier alpha value is -1.36. The maximum atomic E-state index is 12.1. The van der Waals surface area contributed by atoms with Gasteiger partial charge in [-0.3, -0.25) is 4.79 Å². The van der Waals surface area contributed by atoms with Crippen LogP contribution in [-0.4, -0.2) is 12.5 Å². The number of rotatable bonds is 5. The van der Waals surface area contributed by atoms with Gasteiger partial charge in [0.2, 0.25) is 5.91 Å². The lowest BCUT2D eigenvalue weighted by atomic mass is 9.98. The van der Waals surface area contributed by atoms with Gasteiger partial charge >= 0.3 is 0 Å². The average Bonchev–Trinajstić information content (AvgIpc) is 2.84. The summed E-state index contributed by atoms with van der Waals surface area (Å²) in [5, 5.41) is 2.89. The van der Waals surface area contributed by atoms with Crippen LogP contribution in [0.3, 0.4) is 0 Å². The lowest BCUT2D eigenvalue weighted by molar-refractivity contribution is -0.122. The van der Waals surface area contributed by atoms with Crippen LogP contribution in [0.2, 0.25) is 4.34 Å². The molecule has 2 aromatic rings. The number of benzene rings is 1. The van der Waals surface area contributed by atoms with Crippen molar-refractivity contribution in [3.63, 3.8) is 0 Å². The molecular formula is C14H15ClN2OS. The monoisotopic (exact) mass is 294 g/mol. The second kappa shape index (κ2) is 6.70. The highest BCUT2D eigenvalue weighted by Crippen LogP contribution is 2.21. The van der Waals surface area contributed by atoms with Crippen LogP contribution < -0.4 is 11.1 Å². The zero-order valence-electron chi connectivity index (χ0n) is 10.3. The third-order valence-corrected chi connectivity index (χ3v) is 4.05. The number of hydrogen-bond acceptors (Lipinski definition) is 3. The van der Waals surface area contributed by atoms with Crippen LogP contribution in [0.4, 0.5) is 0 Å². The van der Waals surface area contributed by atoms with E-state index in [0.29, 0.717) is 13.1 Å². The minimum absolute atomic E-state index is 0.0572. The summed E-state index contributed by atoms with van der Waals surface area (Å²) in [7, 11) is 0. The van der Waals surface area contributed by atoms with Crippen LogP contribution in [0.5, 0.6) is 0 Å². The van der Waals surface area contributed by atoms with Crippen LogP contribution in [0, 0.1) is 0 Å². The molecule has 1 atom stereocenters. The summed E-state index contributed by atoms with van der Waals surface area (Å²) in [5.74, 6) is -0.366. The van der Waals surface area contributed by atoms with Crippen LogP contribution in [-0.2, 0) is 11.3 Å². The highest BCUT2D eigenvalue weighted by molar-refractivity contribution is 7.16. The fourth-order valence-corrected chi connectivity index (χ4v) is 2.85. The van der Waals surface area contributed by atoms with Gasteiger partial charge in [0.1, 0.15) is 0 Å². The molecule has 0 radical (unpaired) electrons. The average molecular weight is 295 g/mol. The molecule has 0 saturated heterocycles. The molecule has 2 rings (SSSR count). The Bertz CT molecular complexity index is 541. The molecule has 0 saturated carbocycles. The number of hydrogen-bond donors (Lipinski definition) is 2. The van der Waals surface area contributed by atoms with Crippen LogP contribution in [0.1, 0.15) is 16.4 Å². The molecule has 0 aliphatic carbocycles. The van der Waals surface area contributed by atoms with E-state index in [1.54, 1.807) is 0 Å². The molecule has 1 unspecified atom stereocenters. The smallest absolute Gasteiger partial charge is 0.229 e. The van der Waals surface area contributed by atoms with E-state index in [1.807, 2.05) is 42.5 Å². The van der Waals surface area contributed by atoms with Crippen molar-refractivity contribution in [2.45, 2.75) is 12.5 Å². The number of amides is 1. The minimum Gasteiger partial charge on any atom is -0.351 e. The maximum absolute atomic E-state index is 12.1. The molecule has 19 heavy (non-hydrogen) atoms. The molecule has 3 N–H and O–H groups in total. The summed E-state index contributed by atoms with van der Waals surface area (Å²) in [6.45, 7) is 0.778. The largest absolute Gasteiger partial charge is 0.351 e. The van der Waals surface area contributed by atoms with Crippen molar-refractivity contribution in [2.75, 3.05) is 6.54 Å². The first-order valence-electron chi connectivity index (χ1n) is 5.97. The molecule has 100 valence electrons. The van der Waals surface area contributed by atoms with E-state index in [2.05, 4.69) is 5.32 Å². The van der Waals surface area contributed by atoms with Crippen LogP contribution in [0.25, 0.3) is 0 Å². The summed E-state index contributed by atoms with van der Waals surface area (Å²) in [4.78, 5) is 13.2. The topological polar surface area (TPSA) is 55.1 Å². The molecule has 1 amide bonds. The predicted molar refractivity (Wildman–Crippen MR) is 79.4 cm³/mol. The van der Waals surface area contributed by atoms with E-state index in [9.17, 15) is 4.79 Å². The molecule has 0 aliphatic rings. The maximum Gasteiger partial charge on any atom is 0.229 e. The lowest BCUT2D eigenvalue weighted by Gasteiger charge is -2.14. The van der Waals surface area contributed by atoms with Crippen molar-refractivity contribution in [2.24, 2.45) is 5.73 Å². The third kappa shape index (κ3) is 3.80. The molecule has 1 heterocycles. The van der Waals surface area contributed by atoms with E-state index in [4.69, 9.17) is 17.3 Å². The van der Waals surface area contributed by atoms with Gasteiger partial charge in [-0.1, -0.05) is 41.9 Å². The number of thiophene rings is 1. The summed E-state index contributed by atoms with van der Waals surface area (Å²) in [6, 6.07) is 13.3. The van der Waals surface area contributed by atoms with Crippen molar-refractivity contribution < 1.29 is 4.79 Å². The number of halogens is 1. The Balaban J connectivity index is 1.98. The highest BCUT2D eigenvalue weighted by atomic mass is 35.5. The van der Waals surface area contributed by atoms with Crippen molar-refractivity contribution in [1.82, 2.24) is 5.32 Å². The van der Waals surface area contributed by atoms with Crippen molar-refractivity contribution in [3.05, 3.63) is 57.2 Å². The van der Waals surface area contributed by atoms with E-state index in [-0.39, 0.29) is 11.8 Å². The zero-order chi connectivity index (χ0) is 13.7. The first-order valence-corrected chi connectivity index (χ1v) is 7.17. The van der Waals surface area contributed by atoms with Crippen molar-refractivity contribution >= 4 is 28.8 Å². The van der Waals surface area contributed by atoms with Crippen molar-refractivity contribution in [3.8, 4) is 0 Å². The van der Waals surface area contributed by atoms with E-state index in [0.717, 1.165) is 14.8 Å². The van der Waals surface area contributed by atoms with E-state index >= 15 is 0 Å². The quantitative estimate of drug-likeness (QED) is 0.891. The molecule has 0 bridgehead atoms. The van der Waals surface area contributed by atoms with Crippen LogP contribution in [0.15, 0.2) is 42.5 Å². The fraction of sp³-hybridized carbons (Fsp3) is 0.214. The van der Waals surface area contributed by atoms with Gasteiger partial charge in [-0.05, 0) is 17.7 Å². The minimum atomic E-state index is -0.309. The van der Waals surface area contributed by atoms with E-state index in [1.165, 1.54) is 11.3 Å². The fourth-order valence-electron chi connectivity index (χ4n) is 1.82. The first-order chi connectivity index (χ1) is 9.20. The molecule has 0 fully saturated rings. The Morgan fingerprint density at radius 3 is 2.58 bits per heavy atom. The van der Waals surface area contributed by atoms with Gasteiger partial charge in [-0.2, -0.15) is 0 Å². The van der Waals surface area contributed by atoms with E-state index < -0.39 is 0 Å². The molecule has 1 aromatic carbocycles. The Morgan fingerprint density at radius 1 is 1.26 bits per heavy atom. The van der Waals surface area contributed by atoms with Gasteiger partial charge in [-0.15, -0.1) is 11.3 Å². The van der Waals surface area contributed by atoms with Crippen molar-refractivity contribution in [1.29, 1.82) is 0 Å². The first kappa shape index (κ1) is 14.1. The molecule has 1 aromatic heterocycles. The van der Waals surface area contributed by atoms with Gasteiger partial charge in [0.05, 0.1) is 16.8 Å². The Morgan fingerprint density at radius 2 is 2.00 bits per heavy atom. The molecule has 0 spiro atoms. The number of carbonyl (C=O) groups excluding carboxylic acids is 1. The molecule has 5 heteroatoms. The van der Waals surface area contributed by atoms with Gasteiger partial charge in [0.15, 0.2) is 0 Å². The highest BCUT2D eigenvalue weighted by Gasteiger charge is 2.18. The van der Waals surface area contributed by atoms with Crippen LogP contribution >= 0.6 is 22.9 Å². The number of nitrogens with one attached hydrogen (secondary N) is 1. The predicted octanol–water partition coefficient (Wildman–Crippen LogP) is 2.76. The SMILES string of the molecule is NCC(C(=O)NCc1ccc(Cl)s1)c1ccccc1. The van der Waals surface area contributed by atoms with Gasteiger partial charge in [0, 0.05) is 11.4 Å². The standard InChI is InChI=1S/C14H15ClN2OS/c15-13-7-6-11(19-13)9-17-14(18)12(8-16)10-4-2-1-3-5-10/h1-7,12H,8-9,16H2,(H,17,18). The summed E-state index contributed by atoms with van der Waals surface area (Å²) in [5.41, 5.74) is 6.64. The molecule has 0 aliphatic heterocycles. The molecule has 3 nitrogen and oxygen atoms in total. The number of carbonyl (C=O) groups is 1. The zero-order valence-corrected chi connectivity index (χ0v) is 11.9. The van der Waals surface area contributed by atoms with Gasteiger partial charge < -0.3 is 11.1 Å². The molecular weight excluding hydrogens is 280 g/mol. The summed E-state index contributed by atoms with van der Waals surface area (Å²) in [6.07, 6.45) is 0. The number of nitrogens with two attached hydrogens (primary N) is 1. The summed E-state index contributed by atoms with van der Waals surface area (Å²) < 4.78 is 0.725. The second-order valence-corrected chi connectivity index (χ2v) is 5.92. The Labute approximate surface area is 121 Å². The normalized spacial score (nSPS) is 12.1. The second-order valence-electron chi connectivity index (χ2n) is 4.12. The lowest BCUT2D eigenvalue weighted by Crippen LogP contribution is -2.32. The summed E-state index contributed by atoms with van der Waals surface area (Å²) >= 11 is 7.31. The third-order valence-electron chi connectivity index (χ3n) is 2.82. The van der Waals surface area contributed by atoms with Gasteiger partial charge in [0.25, 0.3) is 0 Å².